The van der Waals surface area contributed by atoms with Crippen LogP contribution in [0.4, 0.5) is 0 Å². The Bertz CT molecular complexity index is 462. The van der Waals surface area contributed by atoms with Crippen LogP contribution in [0, 0.1) is 0 Å². The van der Waals surface area contributed by atoms with E-state index < -0.39 is 6.04 Å². The number of carbonyl (C=O) groups is 1. The van der Waals surface area contributed by atoms with E-state index in [1.165, 1.54) is 7.11 Å². The molecule has 2 rings (SSSR count). The van der Waals surface area contributed by atoms with E-state index in [1.807, 2.05) is 0 Å². The minimum Gasteiger partial charge on any atom is -0.468 e. The summed E-state index contributed by atoms with van der Waals surface area (Å²) in [5.74, 6) is -0.300. The molecule has 1 aromatic carbocycles. The van der Waals surface area contributed by atoms with E-state index >= 15 is 0 Å². The van der Waals surface area contributed by atoms with Gasteiger partial charge in [0, 0.05) is 36.2 Å². The molecule has 0 aliphatic carbocycles. The first-order chi connectivity index (χ1) is 9.13. The van der Waals surface area contributed by atoms with E-state index in [0.717, 1.165) is 31.7 Å². The molecule has 0 radical (unpaired) electrons. The molecule has 1 unspecified atom stereocenters. The molecule has 1 atom stereocenters. The Morgan fingerprint density at radius 3 is 2.63 bits per heavy atom. The van der Waals surface area contributed by atoms with Crippen LogP contribution in [-0.2, 0) is 9.53 Å². The number of esters is 1. The first kappa shape index (κ1) is 14.6. The first-order valence-electron chi connectivity index (χ1n) is 6.11. The predicted octanol–water partition coefficient (Wildman–Crippen LogP) is 2.11. The fraction of sp³-hybridized carbons (Fsp3) is 0.462. The van der Waals surface area contributed by atoms with Crippen LogP contribution in [0.5, 0.6) is 0 Å². The molecule has 1 aromatic rings. The third-order valence-electron chi connectivity index (χ3n) is 3.20. The zero-order valence-corrected chi connectivity index (χ0v) is 12.2. The molecular formula is C13H16Cl2N2O2. The molecule has 4 nitrogen and oxygen atoms in total. The van der Waals surface area contributed by atoms with E-state index in [-0.39, 0.29) is 5.97 Å². The highest BCUT2D eigenvalue weighted by atomic mass is 35.5. The summed E-state index contributed by atoms with van der Waals surface area (Å²) >= 11 is 12.1. The van der Waals surface area contributed by atoms with Gasteiger partial charge in [-0.25, -0.2) is 4.79 Å². The maximum atomic E-state index is 12.1. The summed E-state index contributed by atoms with van der Waals surface area (Å²) in [5.41, 5.74) is 0.736. The number of piperazine rings is 1. The summed E-state index contributed by atoms with van der Waals surface area (Å²) in [6.45, 7) is 3.24. The number of nitrogens with one attached hydrogen (secondary N) is 1. The van der Waals surface area contributed by atoms with Gasteiger partial charge < -0.3 is 10.1 Å². The molecule has 0 aromatic heterocycles. The summed E-state index contributed by atoms with van der Waals surface area (Å²) in [7, 11) is 1.39. The van der Waals surface area contributed by atoms with E-state index in [2.05, 4.69) is 10.2 Å². The van der Waals surface area contributed by atoms with E-state index in [1.54, 1.807) is 18.2 Å². The van der Waals surface area contributed by atoms with E-state index in [4.69, 9.17) is 27.9 Å². The van der Waals surface area contributed by atoms with Crippen molar-refractivity contribution in [2.45, 2.75) is 6.04 Å². The molecule has 1 N–H and O–H groups in total. The van der Waals surface area contributed by atoms with Crippen LogP contribution in [0.25, 0.3) is 0 Å². The van der Waals surface area contributed by atoms with Gasteiger partial charge in [-0.2, -0.15) is 0 Å². The lowest BCUT2D eigenvalue weighted by atomic mass is 10.0. The molecule has 1 heterocycles. The largest absolute Gasteiger partial charge is 0.468 e. The van der Waals surface area contributed by atoms with Gasteiger partial charge >= 0.3 is 5.97 Å². The average molecular weight is 303 g/mol. The van der Waals surface area contributed by atoms with Crippen molar-refractivity contribution in [3.05, 3.63) is 33.8 Å². The van der Waals surface area contributed by atoms with Gasteiger partial charge in [0.05, 0.1) is 7.11 Å². The van der Waals surface area contributed by atoms with Crippen LogP contribution in [0.3, 0.4) is 0 Å². The number of rotatable bonds is 3. The van der Waals surface area contributed by atoms with Gasteiger partial charge in [-0.1, -0.05) is 29.3 Å². The zero-order chi connectivity index (χ0) is 13.8. The zero-order valence-electron chi connectivity index (χ0n) is 10.7. The van der Waals surface area contributed by atoms with Gasteiger partial charge in [-0.05, 0) is 17.7 Å². The Hall–Kier alpha value is -0.810. The summed E-state index contributed by atoms with van der Waals surface area (Å²) in [6, 6.07) is 4.70. The molecule has 6 heteroatoms. The maximum absolute atomic E-state index is 12.1. The number of hydrogen-bond acceptors (Lipinski definition) is 4. The summed E-state index contributed by atoms with van der Waals surface area (Å²) < 4.78 is 4.91. The highest BCUT2D eigenvalue weighted by Gasteiger charge is 2.31. The second kappa shape index (κ2) is 6.57. The number of benzene rings is 1. The average Bonchev–Trinajstić information content (AvgIpc) is 2.42. The van der Waals surface area contributed by atoms with Crippen molar-refractivity contribution in [2.75, 3.05) is 33.3 Å². The SMILES string of the molecule is COC(=O)C(c1ccc(Cl)cc1Cl)N1CCNCC1. The highest BCUT2D eigenvalue weighted by Crippen LogP contribution is 2.31. The highest BCUT2D eigenvalue weighted by molar-refractivity contribution is 6.35. The van der Waals surface area contributed by atoms with Gasteiger partial charge in [0.1, 0.15) is 6.04 Å². The number of carbonyl (C=O) groups excluding carboxylic acids is 1. The normalized spacial score (nSPS) is 18.1. The second-order valence-electron chi connectivity index (χ2n) is 4.38. The maximum Gasteiger partial charge on any atom is 0.327 e. The van der Waals surface area contributed by atoms with Crippen LogP contribution in [0.1, 0.15) is 11.6 Å². The molecule has 19 heavy (non-hydrogen) atoms. The topological polar surface area (TPSA) is 41.6 Å². The van der Waals surface area contributed by atoms with Gasteiger partial charge in [0.25, 0.3) is 0 Å². The Morgan fingerprint density at radius 1 is 1.37 bits per heavy atom. The molecule has 0 saturated carbocycles. The van der Waals surface area contributed by atoms with Crippen molar-refractivity contribution >= 4 is 29.2 Å². The minimum absolute atomic E-state index is 0.300. The number of ether oxygens (including phenoxy) is 1. The lowest BCUT2D eigenvalue weighted by Gasteiger charge is -2.33. The lowest BCUT2D eigenvalue weighted by molar-refractivity contribution is -0.147. The van der Waals surface area contributed by atoms with Crippen LogP contribution in [0.15, 0.2) is 18.2 Å². The van der Waals surface area contributed by atoms with E-state index in [0.29, 0.717) is 10.0 Å². The monoisotopic (exact) mass is 302 g/mol. The Morgan fingerprint density at radius 2 is 2.05 bits per heavy atom. The predicted molar refractivity (Wildman–Crippen MR) is 75.7 cm³/mol. The van der Waals surface area contributed by atoms with Crippen molar-refractivity contribution < 1.29 is 9.53 Å². The third kappa shape index (κ3) is 3.39. The Balaban J connectivity index is 2.33. The fourth-order valence-electron chi connectivity index (χ4n) is 2.25. The Labute approximate surface area is 122 Å². The van der Waals surface area contributed by atoms with Crippen LogP contribution < -0.4 is 5.32 Å². The summed E-state index contributed by atoms with van der Waals surface area (Å²) in [6.07, 6.45) is 0. The van der Waals surface area contributed by atoms with Gasteiger partial charge in [-0.3, -0.25) is 4.90 Å². The molecule has 1 aliphatic heterocycles. The standard InChI is InChI=1S/C13H16Cl2N2O2/c1-19-13(18)12(17-6-4-16-5-7-17)10-3-2-9(14)8-11(10)15/h2-3,8,12,16H,4-7H2,1H3. The number of halogens is 2. The van der Waals surface area contributed by atoms with Crippen LogP contribution in [0.2, 0.25) is 10.0 Å². The summed E-state index contributed by atoms with van der Waals surface area (Å²) in [5, 5.41) is 4.29. The van der Waals surface area contributed by atoms with Crippen molar-refractivity contribution in [1.82, 2.24) is 10.2 Å². The molecule has 0 spiro atoms. The van der Waals surface area contributed by atoms with Gasteiger partial charge in [0.15, 0.2) is 0 Å². The molecule has 104 valence electrons. The number of nitrogens with zero attached hydrogens (tertiary/aromatic N) is 1. The molecule has 0 bridgehead atoms. The quantitative estimate of drug-likeness (QED) is 0.869. The van der Waals surface area contributed by atoms with Crippen LogP contribution in [-0.4, -0.2) is 44.2 Å². The minimum atomic E-state index is -0.475. The molecule has 1 aliphatic rings. The molecule has 1 saturated heterocycles. The van der Waals surface area contributed by atoms with Crippen molar-refractivity contribution in [3.63, 3.8) is 0 Å². The summed E-state index contributed by atoms with van der Waals surface area (Å²) in [4.78, 5) is 14.1. The number of methoxy groups -OCH3 is 1. The van der Waals surface area contributed by atoms with E-state index in [9.17, 15) is 4.79 Å². The van der Waals surface area contributed by atoms with Crippen molar-refractivity contribution in [2.24, 2.45) is 0 Å². The van der Waals surface area contributed by atoms with Crippen LogP contribution >= 0.6 is 23.2 Å². The Kier molecular flexibility index (Phi) is 5.05. The molecular weight excluding hydrogens is 287 g/mol. The number of hydrogen-bond donors (Lipinski definition) is 1. The van der Waals surface area contributed by atoms with Crippen molar-refractivity contribution in [1.29, 1.82) is 0 Å². The fourth-order valence-corrected chi connectivity index (χ4v) is 2.76. The van der Waals surface area contributed by atoms with Gasteiger partial charge in [0.2, 0.25) is 0 Å². The first-order valence-corrected chi connectivity index (χ1v) is 6.86. The second-order valence-corrected chi connectivity index (χ2v) is 5.22. The molecule has 1 fully saturated rings. The molecule has 0 amide bonds. The van der Waals surface area contributed by atoms with Crippen molar-refractivity contribution in [3.8, 4) is 0 Å². The smallest absolute Gasteiger partial charge is 0.327 e. The lowest BCUT2D eigenvalue weighted by Crippen LogP contribution is -2.47. The third-order valence-corrected chi connectivity index (χ3v) is 3.76. The van der Waals surface area contributed by atoms with Gasteiger partial charge in [-0.15, -0.1) is 0 Å².